The molecular weight excluding hydrogens is 402 g/mol. The third-order valence-corrected chi connectivity index (χ3v) is 4.95. The molecule has 0 saturated carbocycles. The molecule has 0 aliphatic heterocycles. The second-order valence-corrected chi connectivity index (χ2v) is 7.47. The molecule has 30 heavy (non-hydrogen) atoms. The van der Waals surface area contributed by atoms with Gasteiger partial charge in [0.1, 0.15) is 12.4 Å². The molecule has 0 saturated heterocycles. The Morgan fingerprint density at radius 3 is 2.57 bits per heavy atom. The molecule has 0 N–H and O–H groups in total. The Balaban J connectivity index is 1.60. The van der Waals surface area contributed by atoms with Gasteiger partial charge in [0.05, 0.1) is 17.3 Å². The minimum absolute atomic E-state index is 0.0218. The van der Waals surface area contributed by atoms with Gasteiger partial charge in [0.15, 0.2) is 5.78 Å². The maximum atomic E-state index is 12.6. The standard InChI is InChI=1S/C23H24ClN3O3/c1-3-26(2)14-17-4-6-18(7-5-17)22(28)15-27-11-10-21(12-23(27)29)30-16-20-9-8-19(24)13-25-20/h4-13H,3,14-16H2,1-2H3. The van der Waals surface area contributed by atoms with Gasteiger partial charge in [-0.2, -0.15) is 0 Å². The van der Waals surface area contributed by atoms with Crippen molar-refractivity contribution in [1.29, 1.82) is 0 Å². The number of hydrogen-bond donors (Lipinski definition) is 0. The number of ether oxygens (including phenoxy) is 1. The van der Waals surface area contributed by atoms with Crippen molar-refractivity contribution >= 4 is 17.4 Å². The van der Waals surface area contributed by atoms with E-state index in [-0.39, 0.29) is 24.5 Å². The van der Waals surface area contributed by atoms with Crippen molar-refractivity contribution in [2.75, 3.05) is 13.6 Å². The lowest BCUT2D eigenvalue weighted by molar-refractivity contribution is 0.0970. The molecule has 3 rings (SSSR count). The fourth-order valence-corrected chi connectivity index (χ4v) is 2.94. The van der Waals surface area contributed by atoms with Crippen molar-refractivity contribution < 1.29 is 9.53 Å². The zero-order valence-electron chi connectivity index (χ0n) is 17.0. The summed E-state index contributed by atoms with van der Waals surface area (Å²) >= 11 is 5.81. The molecule has 1 aromatic carbocycles. The van der Waals surface area contributed by atoms with Crippen LogP contribution in [0.4, 0.5) is 0 Å². The molecule has 0 radical (unpaired) electrons. The number of pyridine rings is 2. The van der Waals surface area contributed by atoms with Gasteiger partial charge in [-0.25, -0.2) is 0 Å². The van der Waals surface area contributed by atoms with Crippen molar-refractivity contribution in [2.45, 2.75) is 26.6 Å². The third-order valence-electron chi connectivity index (χ3n) is 4.73. The quantitative estimate of drug-likeness (QED) is 0.488. The molecule has 156 valence electrons. The molecule has 0 amide bonds. The van der Waals surface area contributed by atoms with Crippen LogP contribution in [0.1, 0.15) is 28.5 Å². The van der Waals surface area contributed by atoms with E-state index >= 15 is 0 Å². The number of halogens is 1. The first-order valence-electron chi connectivity index (χ1n) is 9.69. The van der Waals surface area contributed by atoms with Crippen LogP contribution in [0.5, 0.6) is 5.75 Å². The normalized spacial score (nSPS) is 10.9. The Morgan fingerprint density at radius 2 is 1.93 bits per heavy atom. The molecule has 0 atom stereocenters. The molecule has 3 aromatic rings. The molecule has 2 aromatic heterocycles. The molecule has 0 fully saturated rings. The van der Waals surface area contributed by atoms with Crippen LogP contribution in [0.15, 0.2) is 65.7 Å². The van der Waals surface area contributed by atoms with E-state index in [2.05, 4.69) is 16.8 Å². The van der Waals surface area contributed by atoms with Gasteiger partial charge in [-0.15, -0.1) is 0 Å². The number of Topliss-reactive ketones (excluding diaryl/α,β-unsaturated/α-hetero) is 1. The highest BCUT2D eigenvalue weighted by Crippen LogP contribution is 2.12. The van der Waals surface area contributed by atoms with Gasteiger partial charge in [-0.1, -0.05) is 42.8 Å². The molecule has 0 bridgehead atoms. The van der Waals surface area contributed by atoms with Gasteiger partial charge in [-0.05, 0) is 37.4 Å². The van der Waals surface area contributed by atoms with Gasteiger partial charge in [0, 0.05) is 30.6 Å². The van der Waals surface area contributed by atoms with Gasteiger partial charge in [-0.3, -0.25) is 14.6 Å². The van der Waals surface area contributed by atoms with Crippen LogP contribution in [-0.2, 0) is 19.7 Å². The van der Waals surface area contributed by atoms with Gasteiger partial charge >= 0.3 is 0 Å². The lowest BCUT2D eigenvalue weighted by atomic mass is 10.1. The number of ketones is 1. The highest BCUT2D eigenvalue weighted by atomic mass is 35.5. The fourth-order valence-electron chi connectivity index (χ4n) is 2.82. The Morgan fingerprint density at radius 1 is 1.17 bits per heavy atom. The van der Waals surface area contributed by atoms with Crippen LogP contribution in [0.2, 0.25) is 5.02 Å². The zero-order valence-corrected chi connectivity index (χ0v) is 17.8. The third kappa shape index (κ3) is 6.02. The first-order chi connectivity index (χ1) is 14.4. The number of carbonyl (C=O) groups excluding carboxylic acids is 1. The number of rotatable bonds is 9. The molecule has 2 heterocycles. The molecular formula is C23H24ClN3O3. The number of aromatic nitrogens is 2. The predicted octanol–water partition coefficient (Wildman–Crippen LogP) is 3.81. The smallest absolute Gasteiger partial charge is 0.254 e. The summed E-state index contributed by atoms with van der Waals surface area (Å²) in [5.41, 5.74) is 2.13. The number of nitrogens with zero attached hydrogens (tertiary/aromatic N) is 3. The summed E-state index contributed by atoms with van der Waals surface area (Å²) in [5, 5.41) is 0.550. The van der Waals surface area contributed by atoms with Crippen molar-refractivity contribution in [3.63, 3.8) is 0 Å². The average molecular weight is 426 g/mol. The summed E-state index contributed by atoms with van der Waals surface area (Å²) < 4.78 is 6.97. The second-order valence-electron chi connectivity index (χ2n) is 7.04. The minimum Gasteiger partial charge on any atom is -0.487 e. The lowest BCUT2D eigenvalue weighted by Gasteiger charge is -2.14. The van der Waals surface area contributed by atoms with Crippen LogP contribution in [0, 0.1) is 0 Å². The topological polar surface area (TPSA) is 64.4 Å². The minimum atomic E-state index is -0.300. The monoisotopic (exact) mass is 425 g/mol. The molecule has 0 aliphatic carbocycles. The maximum Gasteiger partial charge on any atom is 0.254 e. The van der Waals surface area contributed by atoms with E-state index < -0.39 is 0 Å². The van der Waals surface area contributed by atoms with E-state index in [1.807, 2.05) is 31.3 Å². The molecule has 7 heteroatoms. The summed E-state index contributed by atoms with van der Waals surface area (Å²) in [4.78, 5) is 31.3. The highest BCUT2D eigenvalue weighted by molar-refractivity contribution is 6.30. The predicted molar refractivity (Wildman–Crippen MR) is 117 cm³/mol. The van der Waals surface area contributed by atoms with Gasteiger partial charge in [0.25, 0.3) is 5.56 Å². The van der Waals surface area contributed by atoms with E-state index in [0.717, 1.165) is 18.7 Å². The largest absolute Gasteiger partial charge is 0.487 e. The van der Waals surface area contributed by atoms with E-state index in [0.29, 0.717) is 22.0 Å². The Labute approximate surface area is 180 Å². The van der Waals surface area contributed by atoms with Gasteiger partial charge in [0.2, 0.25) is 0 Å². The number of carbonyl (C=O) groups is 1. The van der Waals surface area contributed by atoms with Crippen molar-refractivity contribution in [3.05, 3.63) is 93.1 Å². The summed E-state index contributed by atoms with van der Waals surface area (Å²) in [5.74, 6) is 0.302. The van der Waals surface area contributed by atoms with Crippen LogP contribution in [0.3, 0.4) is 0 Å². The van der Waals surface area contributed by atoms with E-state index in [4.69, 9.17) is 16.3 Å². The Bertz CT molecular complexity index is 1050. The fraction of sp³-hybridized carbons (Fsp3) is 0.261. The highest BCUT2D eigenvalue weighted by Gasteiger charge is 2.09. The average Bonchev–Trinajstić information content (AvgIpc) is 2.75. The van der Waals surface area contributed by atoms with Crippen LogP contribution < -0.4 is 10.3 Å². The number of benzene rings is 1. The Hall–Kier alpha value is -2.96. The van der Waals surface area contributed by atoms with Crippen molar-refractivity contribution in [3.8, 4) is 5.75 Å². The second kappa shape index (κ2) is 10.2. The molecule has 0 aliphatic rings. The van der Waals surface area contributed by atoms with E-state index in [9.17, 15) is 9.59 Å². The van der Waals surface area contributed by atoms with E-state index in [1.54, 1.807) is 30.6 Å². The molecule has 0 spiro atoms. The van der Waals surface area contributed by atoms with E-state index in [1.165, 1.54) is 10.6 Å². The zero-order chi connectivity index (χ0) is 21.5. The summed E-state index contributed by atoms with van der Waals surface area (Å²) in [7, 11) is 2.05. The summed E-state index contributed by atoms with van der Waals surface area (Å²) in [6.45, 7) is 4.09. The van der Waals surface area contributed by atoms with Crippen LogP contribution in [0.25, 0.3) is 0 Å². The number of hydrogen-bond acceptors (Lipinski definition) is 5. The SMILES string of the molecule is CCN(C)Cc1ccc(C(=O)Cn2ccc(OCc3ccc(Cl)cn3)cc2=O)cc1. The first-order valence-corrected chi connectivity index (χ1v) is 10.1. The van der Waals surface area contributed by atoms with Crippen LogP contribution in [-0.4, -0.2) is 33.8 Å². The summed E-state index contributed by atoms with van der Waals surface area (Å²) in [6, 6.07) is 14.0. The Kier molecular flexibility index (Phi) is 7.38. The van der Waals surface area contributed by atoms with Crippen molar-refractivity contribution in [1.82, 2.24) is 14.5 Å². The molecule has 0 unspecified atom stereocenters. The lowest BCUT2D eigenvalue weighted by Crippen LogP contribution is -2.23. The molecule has 6 nitrogen and oxygen atoms in total. The van der Waals surface area contributed by atoms with Crippen LogP contribution >= 0.6 is 11.6 Å². The maximum absolute atomic E-state index is 12.6. The van der Waals surface area contributed by atoms with Gasteiger partial charge < -0.3 is 14.2 Å². The van der Waals surface area contributed by atoms with Crippen molar-refractivity contribution in [2.24, 2.45) is 0 Å². The first kappa shape index (κ1) is 21.7. The summed E-state index contributed by atoms with van der Waals surface area (Å²) in [6.07, 6.45) is 3.11.